The number of hydrogen-bond acceptors (Lipinski definition) is 4. The lowest BCUT2D eigenvalue weighted by atomic mass is 9.96. The molecule has 4 rings (SSSR count). The van der Waals surface area contributed by atoms with Crippen molar-refractivity contribution in [3.05, 3.63) is 65.9 Å². The number of hydrogen-bond donors (Lipinski definition) is 2. The van der Waals surface area contributed by atoms with E-state index in [9.17, 15) is 4.79 Å². The molecule has 2 N–H and O–H groups in total. The molecule has 0 bridgehead atoms. The van der Waals surface area contributed by atoms with Crippen molar-refractivity contribution in [2.75, 3.05) is 20.3 Å². The van der Waals surface area contributed by atoms with Gasteiger partial charge in [0.15, 0.2) is 11.5 Å². The first kappa shape index (κ1) is 18.4. The normalized spacial score (nSPS) is 18.9. The van der Waals surface area contributed by atoms with Crippen molar-refractivity contribution in [1.29, 1.82) is 0 Å². The fourth-order valence-electron chi connectivity index (χ4n) is 3.65. The summed E-state index contributed by atoms with van der Waals surface area (Å²) in [5, 5.41) is 6.60. The number of urea groups is 1. The van der Waals surface area contributed by atoms with Crippen molar-refractivity contribution in [3.63, 3.8) is 0 Å². The molecule has 3 aromatic rings. The molecule has 0 aliphatic carbocycles. The monoisotopic (exact) mass is 380 g/mol. The molecule has 1 aliphatic heterocycles. The Morgan fingerprint density at radius 2 is 1.89 bits per heavy atom. The lowest BCUT2D eigenvalue weighted by Gasteiger charge is -2.12. The molecule has 6 nitrogen and oxygen atoms in total. The topological polar surface area (TPSA) is 72.7 Å². The summed E-state index contributed by atoms with van der Waals surface area (Å²) < 4.78 is 17.1. The van der Waals surface area contributed by atoms with Gasteiger partial charge in [0, 0.05) is 12.5 Å². The molecule has 146 valence electrons. The maximum Gasteiger partial charge on any atom is 0.315 e. The van der Waals surface area contributed by atoms with Gasteiger partial charge in [0.05, 0.1) is 31.8 Å². The Balaban J connectivity index is 1.27. The molecular weight excluding hydrogens is 356 g/mol. The highest BCUT2D eigenvalue weighted by Gasteiger charge is 2.26. The molecule has 2 amide bonds. The second-order valence-electron chi connectivity index (χ2n) is 6.92. The van der Waals surface area contributed by atoms with Gasteiger partial charge in [0.25, 0.3) is 0 Å². The van der Waals surface area contributed by atoms with Gasteiger partial charge in [-0.1, -0.05) is 42.5 Å². The van der Waals surface area contributed by atoms with E-state index in [1.165, 1.54) is 5.56 Å². The second-order valence-corrected chi connectivity index (χ2v) is 6.92. The molecule has 2 heterocycles. The molecule has 1 fully saturated rings. The average molecular weight is 380 g/mol. The van der Waals surface area contributed by atoms with Gasteiger partial charge in [-0.2, -0.15) is 0 Å². The largest absolute Gasteiger partial charge is 0.492 e. The summed E-state index contributed by atoms with van der Waals surface area (Å²) in [4.78, 5) is 12.2. The van der Waals surface area contributed by atoms with Crippen molar-refractivity contribution < 1.29 is 18.7 Å². The van der Waals surface area contributed by atoms with Gasteiger partial charge in [0.2, 0.25) is 0 Å². The van der Waals surface area contributed by atoms with Gasteiger partial charge in [-0.15, -0.1) is 0 Å². The number of amides is 2. The van der Waals surface area contributed by atoms with Crippen LogP contribution in [0.25, 0.3) is 11.0 Å². The van der Waals surface area contributed by atoms with E-state index in [1.807, 2.05) is 42.5 Å². The van der Waals surface area contributed by atoms with E-state index in [1.54, 1.807) is 7.11 Å². The van der Waals surface area contributed by atoms with Crippen LogP contribution in [0.1, 0.15) is 23.7 Å². The van der Waals surface area contributed by atoms with Gasteiger partial charge < -0.3 is 24.5 Å². The predicted molar refractivity (Wildman–Crippen MR) is 107 cm³/mol. The number of methoxy groups -OCH3 is 1. The molecule has 1 aliphatic rings. The quantitative estimate of drug-likeness (QED) is 0.682. The Morgan fingerprint density at radius 3 is 2.71 bits per heavy atom. The highest BCUT2D eigenvalue weighted by atomic mass is 16.5. The van der Waals surface area contributed by atoms with Crippen molar-refractivity contribution in [3.8, 4) is 5.75 Å². The first-order chi connectivity index (χ1) is 13.7. The number of rotatable bonds is 6. The molecule has 0 saturated carbocycles. The third kappa shape index (κ3) is 3.97. The molecule has 28 heavy (non-hydrogen) atoms. The predicted octanol–water partition coefficient (Wildman–Crippen LogP) is 3.81. The maximum absolute atomic E-state index is 12.2. The third-order valence-electron chi connectivity index (χ3n) is 5.07. The summed E-state index contributed by atoms with van der Waals surface area (Å²) >= 11 is 0. The van der Waals surface area contributed by atoms with Crippen LogP contribution in [-0.4, -0.2) is 32.4 Å². The molecule has 2 atom stereocenters. The van der Waals surface area contributed by atoms with Crippen molar-refractivity contribution in [2.45, 2.75) is 25.0 Å². The summed E-state index contributed by atoms with van der Waals surface area (Å²) in [7, 11) is 1.60. The molecule has 2 aromatic carbocycles. The van der Waals surface area contributed by atoms with Crippen LogP contribution in [0.3, 0.4) is 0 Å². The van der Waals surface area contributed by atoms with E-state index < -0.39 is 0 Å². The zero-order chi connectivity index (χ0) is 19.3. The van der Waals surface area contributed by atoms with Crippen molar-refractivity contribution in [1.82, 2.24) is 10.6 Å². The van der Waals surface area contributed by atoms with E-state index in [4.69, 9.17) is 13.9 Å². The van der Waals surface area contributed by atoms with Crippen LogP contribution in [0.2, 0.25) is 0 Å². The van der Waals surface area contributed by atoms with E-state index >= 15 is 0 Å². The highest BCUT2D eigenvalue weighted by Crippen LogP contribution is 2.32. The first-order valence-electron chi connectivity index (χ1n) is 9.47. The number of furan rings is 1. The van der Waals surface area contributed by atoms with Crippen LogP contribution in [0, 0.1) is 0 Å². The smallest absolute Gasteiger partial charge is 0.315 e. The van der Waals surface area contributed by atoms with Gasteiger partial charge >= 0.3 is 6.03 Å². The lowest BCUT2D eigenvalue weighted by molar-refractivity contribution is 0.110. The molecule has 0 radical (unpaired) electrons. The second kappa shape index (κ2) is 8.35. The van der Waals surface area contributed by atoms with Gasteiger partial charge in [-0.25, -0.2) is 4.79 Å². The van der Waals surface area contributed by atoms with Crippen molar-refractivity contribution in [2.24, 2.45) is 0 Å². The van der Waals surface area contributed by atoms with Gasteiger partial charge in [-0.3, -0.25) is 0 Å². The molecule has 0 unspecified atom stereocenters. The highest BCUT2D eigenvalue weighted by molar-refractivity contribution is 5.85. The number of carbonyl (C=O) groups excluding carboxylic acids is 1. The number of carbonyl (C=O) groups is 1. The average Bonchev–Trinajstić information content (AvgIpc) is 3.35. The minimum absolute atomic E-state index is 0.0247. The SMILES string of the molecule is COc1c(CNC(=O)NC[C@@H]2C[C@H](c3ccccc3)CO2)oc2ccccc12. The minimum Gasteiger partial charge on any atom is -0.492 e. The summed E-state index contributed by atoms with van der Waals surface area (Å²) in [6.07, 6.45) is 0.929. The van der Waals surface area contributed by atoms with E-state index in [0.29, 0.717) is 30.6 Å². The van der Waals surface area contributed by atoms with E-state index in [-0.39, 0.29) is 18.7 Å². The van der Waals surface area contributed by atoms with Gasteiger partial charge in [-0.05, 0) is 24.1 Å². The van der Waals surface area contributed by atoms with Crippen LogP contribution in [-0.2, 0) is 11.3 Å². The Bertz CT molecular complexity index is 938. The fourth-order valence-corrected chi connectivity index (χ4v) is 3.65. The summed E-state index contributed by atoms with van der Waals surface area (Å²) in [6.45, 7) is 1.42. The lowest BCUT2D eigenvalue weighted by Crippen LogP contribution is -2.39. The number of ether oxygens (including phenoxy) is 2. The third-order valence-corrected chi connectivity index (χ3v) is 5.07. The van der Waals surface area contributed by atoms with E-state index in [2.05, 4.69) is 22.8 Å². The maximum atomic E-state index is 12.2. The zero-order valence-electron chi connectivity index (χ0n) is 15.8. The Hall–Kier alpha value is -2.99. The minimum atomic E-state index is -0.255. The van der Waals surface area contributed by atoms with Crippen LogP contribution < -0.4 is 15.4 Å². The summed E-state index contributed by atoms with van der Waals surface area (Å²) in [5.74, 6) is 1.64. The van der Waals surface area contributed by atoms with Crippen molar-refractivity contribution >= 4 is 17.0 Å². The molecule has 0 spiro atoms. The summed E-state index contributed by atoms with van der Waals surface area (Å²) in [5.41, 5.74) is 2.02. The Labute approximate surface area is 163 Å². The van der Waals surface area contributed by atoms with Crippen LogP contribution in [0.15, 0.2) is 59.0 Å². The number of nitrogens with one attached hydrogen (secondary N) is 2. The first-order valence-corrected chi connectivity index (χ1v) is 9.47. The molecular formula is C22H24N2O4. The van der Waals surface area contributed by atoms with Crippen LogP contribution in [0.5, 0.6) is 5.75 Å². The number of para-hydroxylation sites is 1. The van der Waals surface area contributed by atoms with E-state index in [0.717, 1.165) is 17.4 Å². The van der Waals surface area contributed by atoms with Gasteiger partial charge in [0.1, 0.15) is 5.58 Å². The van der Waals surface area contributed by atoms with Crippen LogP contribution >= 0.6 is 0 Å². The number of fused-ring (bicyclic) bond motifs is 1. The fraction of sp³-hybridized carbons (Fsp3) is 0.318. The van der Waals surface area contributed by atoms with Crippen LogP contribution in [0.4, 0.5) is 4.79 Å². The zero-order valence-corrected chi connectivity index (χ0v) is 15.8. The summed E-state index contributed by atoms with van der Waals surface area (Å²) in [6, 6.07) is 17.7. The molecule has 6 heteroatoms. The number of benzene rings is 2. The molecule has 1 saturated heterocycles. The standard InChI is InChI=1S/C22H24N2O4/c1-26-21-18-9-5-6-10-19(18)28-20(21)13-24-22(25)23-12-17-11-16(14-27-17)15-7-3-2-4-8-15/h2-10,16-17H,11-14H2,1H3,(H2,23,24,25)/t16-,17-/m0/s1. The molecule has 1 aromatic heterocycles. The Morgan fingerprint density at radius 1 is 1.11 bits per heavy atom. The Kier molecular flexibility index (Phi) is 5.48.